The van der Waals surface area contributed by atoms with Gasteiger partial charge in [0.1, 0.15) is 0 Å². The zero-order valence-electron chi connectivity index (χ0n) is 10.1. The molecule has 90 valence electrons. The second-order valence-corrected chi connectivity index (χ2v) is 4.95. The van der Waals surface area contributed by atoms with Gasteiger partial charge in [-0.1, -0.05) is 59.1 Å². The zero-order chi connectivity index (χ0) is 12.5. The molecule has 0 saturated carbocycles. The number of hydrogen-bond donors (Lipinski definition) is 0. The van der Waals surface area contributed by atoms with Crippen LogP contribution in [0, 0.1) is 11.8 Å². The molecule has 1 unspecified atom stereocenters. The summed E-state index contributed by atoms with van der Waals surface area (Å²) in [4.78, 5) is 11.3. The highest BCUT2D eigenvalue weighted by atomic mass is 79.9. The van der Waals surface area contributed by atoms with Crippen molar-refractivity contribution in [2.24, 2.45) is 0 Å². The number of halogens is 1. The van der Waals surface area contributed by atoms with Crippen molar-refractivity contribution >= 4 is 21.7 Å². The first-order valence-electron chi connectivity index (χ1n) is 5.94. The third-order valence-electron chi connectivity index (χ3n) is 2.47. The molecule has 1 nitrogen and oxygen atoms in total. The van der Waals surface area contributed by atoms with E-state index < -0.39 is 0 Å². The molecule has 0 aliphatic heterocycles. The minimum absolute atomic E-state index is 0.0310. The third-order valence-corrected chi connectivity index (χ3v) is 3.46. The summed E-state index contributed by atoms with van der Waals surface area (Å²) in [5, 5.41) is 0. The Balaban J connectivity index is 2.27. The molecule has 0 aliphatic carbocycles. The van der Waals surface area contributed by atoms with E-state index in [0.29, 0.717) is 11.2 Å². The van der Waals surface area contributed by atoms with Crippen LogP contribution in [-0.2, 0) is 4.79 Å². The van der Waals surface area contributed by atoms with Gasteiger partial charge in [0, 0.05) is 17.7 Å². The Kier molecular flexibility index (Phi) is 6.65. The predicted octanol–water partition coefficient (Wildman–Crippen LogP) is 4.28. The van der Waals surface area contributed by atoms with Gasteiger partial charge in [0.25, 0.3) is 0 Å². The minimum Gasteiger partial charge on any atom is -0.285 e. The van der Waals surface area contributed by atoms with Crippen LogP contribution in [0.5, 0.6) is 0 Å². The molecule has 0 aliphatic rings. The van der Waals surface area contributed by atoms with Crippen LogP contribution in [0.1, 0.15) is 43.0 Å². The van der Waals surface area contributed by atoms with Crippen LogP contribution in [0.25, 0.3) is 0 Å². The van der Waals surface area contributed by atoms with Gasteiger partial charge in [0.05, 0.1) is 0 Å². The monoisotopic (exact) mass is 292 g/mol. The molecule has 1 rings (SSSR count). The van der Waals surface area contributed by atoms with E-state index in [1.807, 2.05) is 25.1 Å². The van der Waals surface area contributed by atoms with E-state index in [2.05, 4.69) is 39.9 Å². The largest absolute Gasteiger partial charge is 0.285 e. The van der Waals surface area contributed by atoms with E-state index in [1.165, 1.54) is 5.56 Å². The van der Waals surface area contributed by atoms with E-state index >= 15 is 0 Å². The highest BCUT2D eigenvalue weighted by molar-refractivity contribution is 9.09. The van der Waals surface area contributed by atoms with Crippen molar-refractivity contribution in [3.05, 3.63) is 35.9 Å². The molecule has 0 spiro atoms. The fraction of sp³-hybridized carbons (Fsp3) is 0.400. The summed E-state index contributed by atoms with van der Waals surface area (Å²) in [7, 11) is 0. The Hall–Kier alpha value is -1.07. The summed E-state index contributed by atoms with van der Waals surface area (Å²) < 4.78 is 0. The molecule has 0 N–H and O–H groups in total. The van der Waals surface area contributed by atoms with Crippen molar-refractivity contribution in [2.75, 3.05) is 0 Å². The number of carbonyl (C=O) groups excluding carboxylic acids is 1. The van der Waals surface area contributed by atoms with Gasteiger partial charge in [-0.2, -0.15) is 0 Å². The Morgan fingerprint density at radius 2 is 2.06 bits per heavy atom. The zero-order valence-corrected chi connectivity index (χ0v) is 11.7. The van der Waals surface area contributed by atoms with E-state index in [-0.39, 0.29) is 5.78 Å². The quantitative estimate of drug-likeness (QED) is 0.343. The molecule has 0 aromatic heterocycles. The molecule has 0 fully saturated rings. The molecule has 1 aromatic rings. The van der Waals surface area contributed by atoms with Gasteiger partial charge in [-0.05, 0) is 24.3 Å². The number of unbranched alkanes of at least 4 members (excludes halogenated alkanes) is 1. The maximum absolute atomic E-state index is 10.9. The molecular weight excluding hydrogens is 276 g/mol. The Morgan fingerprint density at radius 3 is 2.71 bits per heavy atom. The summed E-state index contributed by atoms with van der Waals surface area (Å²) in [6.45, 7) is 1.83. The summed E-state index contributed by atoms with van der Waals surface area (Å²) in [5.41, 5.74) is 1.30. The van der Waals surface area contributed by atoms with Gasteiger partial charge in [0.2, 0.25) is 5.78 Å². The molecule has 0 radical (unpaired) electrons. The maximum atomic E-state index is 10.9. The SMILES string of the molecule is CCC(=O)C#CCCCC(Br)c1ccccc1. The number of Topliss-reactive ketones (excluding diaryl/α,β-unsaturated/α-hetero) is 1. The Bertz CT molecular complexity index is 400. The van der Waals surface area contributed by atoms with E-state index in [0.717, 1.165) is 19.3 Å². The van der Waals surface area contributed by atoms with Gasteiger partial charge in [-0.15, -0.1) is 0 Å². The predicted molar refractivity (Wildman–Crippen MR) is 75.0 cm³/mol. The third kappa shape index (κ3) is 5.70. The summed E-state index contributed by atoms with van der Waals surface area (Å²) >= 11 is 3.67. The summed E-state index contributed by atoms with van der Waals surface area (Å²) in [6.07, 6.45) is 3.35. The first-order chi connectivity index (χ1) is 8.24. The second-order valence-electron chi connectivity index (χ2n) is 3.85. The first kappa shape index (κ1) is 14.0. The Labute approximate surface area is 112 Å². The molecule has 0 saturated heterocycles. The normalized spacial score (nSPS) is 11.4. The van der Waals surface area contributed by atoms with Gasteiger partial charge in [-0.3, -0.25) is 4.79 Å². The lowest BCUT2D eigenvalue weighted by atomic mass is 10.1. The lowest BCUT2D eigenvalue weighted by Gasteiger charge is -2.08. The van der Waals surface area contributed by atoms with Crippen molar-refractivity contribution < 1.29 is 4.79 Å². The molecule has 0 amide bonds. The van der Waals surface area contributed by atoms with Crippen LogP contribution in [0.4, 0.5) is 0 Å². The topological polar surface area (TPSA) is 17.1 Å². The number of rotatable bonds is 5. The van der Waals surface area contributed by atoms with Crippen molar-refractivity contribution in [1.82, 2.24) is 0 Å². The van der Waals surface area contributed by atoms with E-state index in [1.54, 1.807) is 0 Å². The molecule has 17 heavy (non-hydrogen) atoms. The average Bonchev–Trinajstić information content (AvgIpc) is 2.38. The van der Waals surface area contributed by atoms with Crippen LogP contribution in [0.2, 0.25) is 0 Å². The van der Waals surface area contributed by atoms with Crippen LogP contribution >= 0.6 is 15.9 Å². The minimum atomic E-state index is 0.0310. The summed E-state index contributed by atoms with van der Waals surface area (Å²) in [6, 6.07) is 10.3. The smallest absolute Gasteiger partial charge is 0.205 e. The van der Waals surface area contributed by atoms with E-state index in [9.17, 15) is 4.79 Å². The number of carbonyl (C=O) groups is 1. The molecular formula is C15H17BrO. The van der Waals surface area contributed by atoms with Gasteiger partial charge >= 0.3 is 0 Å². The van der Waals surface area contributed by atoms with E-state index in [4.69, 9.17) is 0 Å². The highest BCUT2D eigenvalue weighted by Gasteiger charge is 2.05. The number of alkyl halides is 1. The fourth-order valence-corrected chi connectivity index (χ4v) is 2.08. The number of ketones is 1. The van der Waals surface area contributed by atoms with Crippen LogP contribution in [0.15, 0.2) is 30.3 Å². The number of benzene rings is 1. The highest BCUT2D eigenvalue weighted by Crippen LogP contribution is 2.27. The van der Waals surface area contributed by atoms with Gasteiger partial charge < -0.3 is 0 Å². The molecule has 0 bridgehead atoms. The first-order valence-corrected chi connectivity index (χ1v) is 6.86. The van der Waals surface area contributed by atoms with Crippen LogP contribution < -0.4 is 0 Å². The molecule has 0 heterocycles. The number of hydrogen-bond acceptors (Lipinski definition) is 1. The molecule has 1 atom stereocenters. The lowest BCUT2D eigenvalue weighted by molar-refractivity contribution is -0.113. The molecule has 1 aromatic carbocycles. The lowest BCUT2D eigenvalue weighted by Crippen LogP contribution is -1.90. The second kappa shape index (κ2) is 8.08. The van der Waals surface area contributed by atoms with Gasteiger partial charge in [0.15, 0.2) is 0 Å². The van der Waals surface area contributed by atoms with Crippen molar-refractivity contribution in [1.29, 1.82) is 0 Å². The average molecular weight is 293 g/mol. The Morgan fingerprint density at radius 1 is 1.35 bits per heavy atom. The van der Waals surface area contributed by atoms with Gasteiger partial charge in [-0.25, -0.2) is 0 Å². The van der Waals surface area contributed by atoms with Crippen molar-refractivity contribution in [3.63, 3.8) is 0 Å². The van der Waals surface area contributed by atoms with Crippen molar-refractivity contribution in [3.8, 4) is 11.8 Å². The standard InChI is InChI=1S/C15H17BrO/c1-2-14(17)11-7-4-8-12-15(16)13-9-5-3-6-10-13/h3,5-6,9-10,15H,2,4,8,12H2,1H3. The maximum Gasteiger partial charge on any atom is 0.205 e. The molecule has 2 heteroatoms. The fourth-order valence-electron chi connectivity index (χ4n) is 1.45. The summed E-state index contributed by atoms with van der Waals surface area (Å²) in [5.74, 6) is 5.60. The van der Waals surface area contributed by atoms with Crippen molar-refractivity contribution in [2.45, 2.75) is 37.4 Å². The van der Waals surface area contributed by atoms with Crippen LogP contribution in [0.3, 0.4) is 0 Å². The van der Waals surface area contributed by atoms with Crippen LogP contribution in [-0.4, -0.2) is 5.78 Å².